The molecule has 5 heteroatoms. The van der Waals surface area contributed by atoms with Crippen LogP contribution in [0.2, 0.25) is 0 Å². The van der Waals surface area contributed by atoms with E-state index in [1.807, 2.05) is 0 Å². The fourth-order valence-corrected chi connectivity index (χ4v) is 2.42. The molecule has 0 aromatic heterocycles. The van der Waals surface area contributed by atoms with E-state index in [4.69, 9.17) is 10.5 Å². The number of hydrogen-bond donors (Lipinski definition) is 2. The minimum absolute atomic E-state index is 0.0157. The zero-order valence-electron chi connectivity index (χ0n) is 11.4. The van der Waals surface area contributed by atoms with Crippen molar-refractivity contribution in [2.75, 3.05) is 20.1 Å². The summed E-state index contributed by atoms with van der Waals surface area (Å²) >= 11 is 0. The van der Waals surface area contributed by atoms with Crippen molar-refractivity contribution >= 4 is 5.91 Å². The zero-order valence-corrected chi connectivity index (χ0v) is 11.4. The lowest BCUT2D eigenvalue weighted by Crippen LogP contribution is -2.44. The largest absolute Gasteiger partial charge is 0.364 e. The van der Waals surface area contributed by atoms with Crippen LogP contribution in [0.5, 0.6) is 0 Å². The molecular formula is C13H25N3O2. The number of nitrogens with one attached hydrogen (secondary N) is 1. The highest BCUT2D eigenvalue weighted by Crippen LogP contribution is 2.26. The van der Waals surface area contributed by atoms with Gasteiger partial charge in [-0.15, -0.1) is 0 Å². The van der Waals surface area contributed by atoms with Crippen LogP contribution in [0.4, 0.5) is 0 Å². The Morgan fingerprint density at radius 1 is 1.44 bits per heavy atom. The topological polar surface area (TPSA) is 67.6 Å². The molecular weight excluding hydrogens is 230 g/mol. The molecule has 18 heavy (non-hydrogen) atoms. The van der Waals surface area contributed by atoms with E-state index in [1.54, 1.807) is 0 Å². The maximum absolute atomic E-state index is 11.9. The lowest BCUT2D eigenvalue weighted by Gasteiger charge is -2.25. The van der Waals surface area contributed by atoms with Gasteiger partial charge >= 0.3 is 0 Å². The van der Waals surface area contributed by atoms with Gasteiger partial charge in [0.25, 0.3) is 0 Å². The molecule has 2 rings (SSSR count). The second-order valence-corrected chi connectivity index (χ2v) is 5.55. The summed E-state index contributed by atoms with van der Waals surface area (Å²) in [6.07, 6.45) is 4.04. The number of hydrogen-bond acceptors (Lipinski definition) is 4. The highest BCUT2D eigenvalue weighted by atomic mass is 16.5. The minimum Gasteiger partial charge on any atom is -0.364 e. The van der Waals surface area contributed by atoms with Gasteiger partial charge < -0.3 is 15.8 Å². The summed E-state index contributed by atoms with van der Waals surface area (Å²) in [6.45, 7) is 3.35. The van der Waals surface area contributed by atoms with Crippen LogP contribution in [0, 0.1) is 0 Å². The summed E-state index contributed by atoms with van der Waals surface area (Å²) in [5.41, 5.74) is 5.53. The van der Waals surface area contributed by atoms with Crippen LogP contribution in [0.3, 0.4) is 0 Å². The molecule has 0 aromatic carbocycles. The monoisotopic (exact) mass is 255 g/mol. The molecule has 1 saturated carbocycles. The van der Waals surface area contributed by atoms with Gasteiger partial charge in [-0.05, 0) is 39.7 Å². The Labute approximate surface area is 109 Å². The van der Waals surface area contributed by atoms with Crippen LogP contribution in [0.25, 0.3) is 0 Å². The Bertz CT molecular complexity index is 294. The fourth-order valence-electron chi connectivity index (χ4n) is 2.42. The number of amides is 1. The normalized spacial score (nSPS) is 29.6. The van der Waals surface area contributed by atoms with Crippen LogP contribution >= 0.6 is 0 Å². The molecule has 1 amide bonds. The predicted molar refractivity (Wildman–Crippen MR) is 70.2 cm³/mol. The van der Waals surface area contributed by atoms with E-state index in [1.165, 1.54) is 12.8 Å². The third kappa shape index (κ3) is 3.43. The summed E-state index contributed by atoms with van der Waals surface area (Å²) < 4.78 is 5.57. The first-order valence-corrected chi connectivity index (χ1v) is 6.97. The summed E-state index contributed by atoms with van der Waals surface area (Å²) in [4.78, 5) is 14.3. The first kappa shape index (κ1) is 13.8. The Kier molecular flexibility index (Phi) is 4.59. The van der Waals surface area contributed by atoms with Crippen LogP contribution in [0.15, 0.2) is 0 Å². The second kappa shape index (κ2) is 5.99. The number of likely N-dealkylation sites (N-methyl/N-ethyl adjacent to an activating group) is 1. The molecule has 3 atom stereocenters. The van der Waals surface area contributed by atoms with Gasteiger partial charge in [0.2, 0.25) is 5.91 Å². The Hall–Kier alpha value is -0.650. The highest BCUT2D eigenvalue weighted by Gasteiger charge is 2.31. The van der Waals surface area contributed by atoms with Gasteiger partial charge in [-0.2, -0.15) is 0 Å². The molecule has 0 radical (unpaired) electrons. The molecule has 1 heterocycles. The number of nitrogens with zero attached hydrogens (tertiary/aromatic N) is 1. The van der Waals surface area contributed by atoms with Gasteiger partial charge in [0.05, 0.1) is 6.10 Å². The van der Waals surface area contributed by atoms with E-state index in [0.717, 1.165) is 18.9 Å². The number of carbonyl (C=O) groups excluding carboxylic acids is 1. The molecule has 5 nitrogen and oxygen atoms in total. The number of nitrogens with two attached hydrogens (primary N) is 1. The molecule has 2 fully saturated rings. The minimum atomic E-state index is -0.294. The van der Waals surface area contributed by atoms with Crippen LogP contribution in [0.1, 0.15) is 32.6 Å². The van der Waals surface area contributed by atoms with E-state index in [0.29, 0.717) is 19.1 Å². The molecule has 0 bridgehead atoms. The first-order chi connectivity index (χ1) is 8.61. The number of carbonyl (C=O) groups is 1. The van der Waals surface area contributed by atoms with Gasteiger partial charge in [-0.1, -0.05) is 0 Å². The van der Waals surface area contributed by atoms with Gasteiger partial charge in [0.1, 0.15) is 6.10 Å². The van der Waals surface area contributed by atoms with Crippen molar-refractivity contribution in [3.8, 4) is 0 Å². The Morgan fingerprint density at radius 2 is 2.17 bits per heavy atom. The SMILES string of the molecule is CC(CNC(=O)C1CCC(CN)O1)N(C)C1CC1. The third-order valence-electron chi connectivity index (χ3n) is 4.05. The summed E-state index contributed by atoms with van der Waals surface area (Å²) in [7, 11) is 2.13. The summed E-state index contributed by atoms with van der Waals surface area (Å²) in [5, 5.41) is 2.99. The van der Waals surface area contributed by atoms with Gasteiger partial charge in [0.15, 0.2) is 0 Å². The Balaban J connectivity index is 1.68. The van der Waals surface area contributed by atoms with Crippen molar-refractivity contribution in [1.29, 1.82) is 0 Å². The summed E-state index contributed by atoms with van der Waals surface area (Å²) in [6, 6.07) is 1.11. The van der Waals surface area contributed by atoms with Crippen LogP contribution in [-0.2, 0) is 9.53 Å². The van der Waals surface area contributed by atoms with Crippen molar-refractivity contribution in [2.45, 2.75) is 56.9 Å². The average molecular weight is 255 g/mol. The number of rotatable bonds is 6. The van der Waals surface area contributed by atoms with E-state index < -0.39 is 0 Å². The maximum Gasteiger partial charge on any atom is 0.249 e. The smallest absolute Gasteiger partial charge is 0.249 e. The quantitative estimate of drug-likeness (QED) is 0.706. The van der Waals surface area contributed by atoms with Crippen molar-refractivity contribution in [2.24, 2.45) is 5.73 Å². The molecule has 0 spiro atoms. The average Bonchev–Trinajstić information content (AvgIpc) is 3.12. The molecule has 0 aromatic rings. The van der Waals surface area contributed by atoms with Gasteiger partial charge in [-0.3, -0.25) is 9.69 Å². The molecule has 104 valence electrons. The van der Waals surface area contributed by atoms with Crippen LogP contribution < -0.4 is 11.1 Å². The van der Waals surface area contributed by atoms with E-state index in [9.17, 15) is 4.79 Å². The lowest BCUT2D eigenvalue weighted by atomic mass is 10.2. The second-order valence-electron chi connectivity index (χ2n) is 5.55. The zero-order chi connectivity index (χ0) is 13.1. The van der Waals surface area contributed by atoms with Gasteiger partial charge in [0, 0.05) is 25.2 Å². The highest BCUT2D eigenvalue weighted by molar-refractivity contribution is 5.81. The van der Waals surface area contributed by atoms with Gasteiger partial charge in [-0.25, -0.2) is 0 Å². The molecule has 2 aliphatic rings. The predicted octanol–water partition coefficient (Wildman–Crippen LogP) is 0.0916. The molecule has 1 aliphatic carbocycles. The van der Waals surface area contributed by atoms with Crippen molar-refractivity contribution in [3.05, 3.63) is 0 Å². The summed E-state index contributed by atoms with van der Waals surface area (Å²) in [5.74, 6) is 0.0157. The molecule has 1 aliphatic heterocycles. The first-order valence-electron chi connectivity index (χ1n) is 6.97. The van der Waals surface area contributed by atoms with E-state index in [2.05, 4.69) is 24.2 Å². The fraction of sp³-hybridized carbons (Fsp3) is 0.923. The van der Waals surface area contributed by atoms with Crippen molar-refractivity contribution in [3.63, 3.8) is 0 Å². The number of ether oxygens (including phenoxy) is 1. The van der Waals surface area contributed by atoms with Crippen LogP contribution in [-0.4, -0.2) is 55.2 Å². The lowest BCUT2D eigenvalue weighted by molar-refractivity contribution is -0.132. The maximum atomic E-state index is 11.9. The molecule has 1 saturated heterocycles. The molecule has 3 unspecified atom stereocenters. The van der Waals surface area contributed by atoms with E-state index >= 15 is 0 Å². The Morgan fingerprint density at radius 3 is 2.72 bits per heavy atom. The molecule has 3 N–H and O–H groups in total. The third-order valence-corrected chi connectivity index (χ3v) is 4.05. The van der Waals surface area contributed by atoms with Crippen molar-refractivity contribution in [1.82, 2.24) is 10.2 Å². The standard InChI is InChI=1S/C13H25N3O2/c1-9(16(2)10-3-4-10)8-15-13(17)12-6-5-11(7-14)18-12/h9-12H,3-8,14H2,1-2H3,(H,15,17). The van der Waals surface area contributed by atoms with Crippen molar-refractivity contribution < 1.29 is 9.53 Å². The van der Waals surface area contributed by atoms with E-state index in [-0.39, 0.29) is 18.1 Å².